The summed E-state index contributed by atoms with van der Waals surface area (Å²) in [7, 11) is 0. The average molecular weight is 302 g/mol. The van der Waals surface area contributed by atoms with Crippen LogP contribution >= 0.6 is 27.3 Å². The normalized spacial score (nSPS) is 12.8. The van der Waals surface area contributed by atoms with Crippen molar-refractivity contribution >= 4 is 27.3 Å². The zero-order valence-corrected chi connectivity index (χ0v) is 10.8. The van der Waals surface area contributed by atoms with Gasteiger partial charge in [-0.25, -0.2) is 4.39 Å². The smallest absolute Gasteiger partial charge is 0.147 e. The summed E-state index contributed by atoms with van der Waals surface area (Å²) in [5.74, 6) is -0.489. The van der Waals surface area contributed by atoms with Crippen molar-refractivity contribution < 1.29 is 9.50 Å². The summed E-state index contributed by atoms with van der Waals surface area (Å²) in [6, 6.07) is 3.34. The van der Waals surface area contributed by atoms with Crippen LogP contribution in [0, 0.1) is 12.7 Å². The molecular weight excluding hydrogens is 293 g/mol. The summed E-state index contributed by atoms with van der Waals surface area (Å²) in [6.45, 7) is 1.93. The molecule has 0 saturated heterocycles. The molecule has 0 radical (unpaired) electrons. The number of aryl methyl sites for hydroxylation is 1. The molecule has 5 heteroatoms. The summed E-state index contributed by atoms with van der Waals surface area (Å²) in [5.41, 5.74) is 1.29. The second-order valence-electron chi connectivity index (χ2n) is 3.41. The van der Waals surface area contributed by atoms with Crippen molar-refractivity contribution in [3.63, 3.8) is 0 Å². The second-order valence-corrected chi connectivity index (χ2v) is 5.81. The van der Waals surface area contributed by atoms with Crippen LogP contribution in [-0.2, 0) is 0 Å². The lowest BCUT2D eigenvalue weighted by atomic mass is 10.1. The maximum Gasteiger partial charge on any atom is 0.147 e. The first-order valence-electron chi connectivity index (χ1n) is 4.63. The number of pyridine rings is 1. The molecule has 0 fully saturated rings. The van der Waals surface area contributed by atoms with Crippen LogP contribution in [0.5, 0.6) is 0 Å². The fourth-order valence-electron chi connectivity index (χ4n) is 1.38. The van der Waals surface area contributed by atoms with Gasteiger partial charge in [0, 0.05) is 16.6 Å². The molecular formula is C11H9BrFNOS. The highest BCUT2D eigenvalue weighted by molar-refractivity contribution is 9.11. The van der Waals surface area contributed by atoms with E-state index in [0.29, 0.717) is 0 Å². The Labute approximate surface area is 105 Å². The molecule has 2 aromatic rings. The third-order valence-electron chi connectivity index (χ3n) is 2.24. The maximum absolute atomic E-state index is 13.4. The predicted octanol–water partition coefficient (Wildman–Crippen LogP) is 3.43. The number of aliphatic hydroxyl groups excluding tert-OH is 1. The molecule has 1 atom stereocenters. The lowest BCUT2D eigenvalue weighted by Crippen LogP contribution is -2.00. The van der Waals surface area contributed by atoms with Crippen molar-refractivity contribution in [1.29, 1.82) is 0 Å². The molecule has 2 aromatic heterocycles. The van der Waals surface area contributed by atoms with E-state index in [1.54, 1.807) is 0 Å². The third kappa shape index (κ3) is 2.16. The number of hydrogen-bond donors (Lipinski definition) is 1. The van der Waals surface area contributed by atoms with E-state index in [1.165, 1.54) is 23.6 Å². The standard InChI is InChI=1S/C11H9BrFNOS/c1-6-4-9(16-11(6)12)10(15)7-2-3-14-5-8(7)13/h2-5,10,15H,1H3. The highest BCUT2D eigenvalue weighted by Gasteiger charge is 2.17. The highest BCUT2D eigenvalue weighted by atomic mass is 79.9. The van der Waals surface area contributed by atoms with Gasteiger partial charge in [0.15, 0.2) is 0 Å². The number of aromatic nitrogens is 1. The minimum atomic E-state index is -0.932. The highest BCUT2D eigenvalue weighted by Crippen LogP contribution is 2.34. The molecule has 2 heterocycles. The van der Waals surface area contributed by atoms with Gasteiger partial charge in [-0.2, -0.15) is 0 Å². The van der Waals surface area contributed by atoms with E-state index in [4.69, 9.17) is 0 Å². The molecule has 1 unspecified atom stereocenters. The van der Waals surface area contributed by atoms with Crippen LogP contribution in [0.2, 0.25) is 0 Å². The summed E-state index contributed by atoms with van der Waals surface area (Å²) >= 11 is 4.78. The molecule has 84 valence electrons. The first-order valence-corrected chi connectivity index (χ1v) is 6.24. The van der Waals surface area contributed by atoms with Gasteiger partial charge in [0.25, 0.3) is 0 Å². The van der Waals surface area contributed by atoms with Crippen molar-refractivity contribution in [2.45, 2.75) is 13.0 Å². The van der Waals surface area contributed by atoms with E-state index in [1.807, 2.05) is 13.0 Å². The Kier molecular flexibility index (Phi) is 3.37. The van der Waals surface area contributed by atoms with E-state index in [-0.39, 0.29) is 5.56 Å². The lowest BCUT2D eigenvalue weighted by molar-refractivity contribution is 0.218. The Morgan fingerprint density at radius 1 is 1.56 bits per heavy atom. The summed E-state index contributed by atoms with van der Waals surface area (Å²) in [5, 5.41) is 10.0. The first-order chi connectivity index (χ1) is 7.59. The molecule has 0 spiro atoms. The van der Waals surface area contributed by atoms with Crippen LogP contribution in [0.1, 0.15) is 22.1 Å². The quantitative estimate of drug-likeness (QED) is 0.922. The molecule has 0 aliphatic rings. The van der Waals surface area contributed by atoms with Crippen LogP contribution in [0.25, 0.3) is 0 Å². The average Bonchev–Trinajstić information content (AvgIpc) is 2.59. The molecule has 2 nitrogen and oxygen atoms in total. The van der Waals surface area contributed by atoms with Crippen molar-refractivity contribution in [1.82, 2.24) is 4.98 Å². The van der Waals surface area contributed by atoms with Gasteiger partial charge in [-0.1, -0.05) is 0 Å². The lowest BCUT2D eigenvalue weighted by Gasteiger charge is -2.08. The molecule has 16 heavy (non-hydrogen) atoms. The molecule has 1 N–H and O–H groups in total. The van der Waals surface area contributed by atoms with Crippen LogP contribution < -0.4 is 0 Å². The molecule has 0 amide bonds. The number of nitrogens with zero attached hydrogens (tertiary/aromatic N) is 1. The Balaban J connectivity index is 2.39. The van der Waals surface area contributed by atoms with E-state index in [0.717, 1.165) is 20.4 Å². The van der Waals surface area contributed by atoms with Gasteiger partial charge < -0.3 is 5.11 Å². The Morgan fingerprint density at radius 2 is 2.31 bits per heavy atom. The number of thiophene rings is 1. The topological polar surface area (TPSA) is 33.1 Å². The number of halogens is 2. The van der Waals surface area contributed by atoms with Gasteiger partial charge in [0.1, 0.15) is 11.9 Å². The van der Waals surface area contributed by atoms with Crippen LogP contribution in [-0.4, -0.2) is 10.1 Å². The third-order valence-corrected chi connectivity index (χ3v) is 4.43. The molecule has 0 saturated carbocycles. The molecule has 0 bridgehead atoms. The van der Waals surface area contributed by atoms with Gasteiger partial charge >= 0.3 is 0 Å². The monoisotopic (exact) mass is 301 g/mol. The van der Waals surface area contributed by atoms with Crippen molar-refractivity contribution in [3.05, 3.63) is 50.1 Å². The van der Waals surface area contributed by atoms with Crippen LogP contribution in [0.4, 0.5) is 4.39 Å². The van der Waals surface area contributed by atoms with Gasteiger partial charge in [-0.15, -0.1) is 11.3 Å². The minimum Gasteiger partial charge on any atom is -0.383 e. The Hall–Kier alpha value is -0.780. The zero-order valence-electron chi connectivity index (χ0n) is 8.45. The number of hydrogen-bond acceptors (Lipinski definition) is 3. The zero-order chi connectivity index (χ0) is 11.7. The number of rotatable bonds is 2. The summed E-state index contributed by atoms with van der Waals surface area (Å²) in [4.78, 5) is 4.37. The SMILES string of the molecule is Cc1cc(C(O)c2ccncc2F)sc1Br. The van der Waals surface area contributed by atoms with Gasteiger partial charge in [0.05, 0.1) is 9.98 Å². The van der Waals surface area contributed by atoms with Gasteiger partial charge in [-0.05, 0) is 40.5 Å². The van der Waals surface area contributed by atoms with E-state index < -0.39 is 11.9 Å². The molecule has 0 aromatic carbocycles. The van der Waals surface area contributed by atoms with Crippen molar-refractivity contribution in [2.24, 2.45) is 0 Å². The molecule has 2 rings (SSSR count). The first kappa shape index (κ1) is 11.7. The second kappa shape index (κ2) is 4.61. The predicted molar refractivity (Wildman–Crippen MR) is 65.0 cm³/mol. The number of aliphatic hydroxyl groups is 1. The Morgan fingerprint density at radius 3 is 2.88 bits per heavy atom. The van der Waals surface area contributed by atoms with Crippen LogP contribution in [0.3, 0.4) is 0 Å². The Bertz CT molecular complexity index is 495. The fourth-order valence-corrected chi connectivity index (χ4v) is 2.96. The largest absolute Gasteiger partial charge is 0.383 e. The maximum atomic E-state index is 13.4. The van der Waals surface area contributed by atoms with Crippen molar-refractivity contribution in [3.8, 4) is 0 Å². The summed E-state index contributed by atoms with van der Waals surface area (Å²) in [6.07, 6.45) is 1.64. The van der Waals surface area contributed by atoms with Gasteiger partial charge in [0.2, 0.25) is 0 Å². The van der Waals surface area contributed by atoms with Crippen LogP contribution in [0.15, 0.2) is 28.3 Å². The van der Waals surface area contributed by atoms with E-state index >= 15 is 0 Å². The van der Waals surface area contributed by atoms with Crippen molar-refractivity contribution in [2.75, 3.05) is 0 Å². The van der Waals surface area contributed by atoms with Gasteiger partial charge in [-0.3, -0.25) is 4.98 Å². The van der Waals surface area contributed by atoms with E-state index in [2.05, 4.69) is 20.9 Å². The fraction of sp³-hybridized carbons (Fsp3) is 0.182. The minimum absolute atomic E-state index is 0.253. The molecule has 0 aliphatic carbocycles. The van der Waals surface area contributed by atoms with E-state index in [9.17, 15) is 9.50 Å². The molecule has 0 aliphatic heterocycles. The summed E-state index contributed by atoms with van der Waals surface area (Å²) < 4.78 is 14.4.